The largest absolute Gasteiger partial charge is 0.507 e. The van der Waals surface area contributed by atoms with Crippen LogP contribution in [0, 0.1) is 0 Å². The van der Waals surface area contributed by atoms with Gasteiger partial charge in [0.05, 0.1) is 42.0 Å². The minimum atomic E-state index is -2.36. The number of hydrogen-bond donors (Lipinski definition) is 8. The number of aliphatic hydroxyl groups is 3. The van der Waals surface area contributed by atoms with Crippen LogP contribution in [0.5, 0.6) is 17.2 Å². The maximum atomic E-state index is 13.9. The normalized spacial score (nSPS) is 24.7. The molecule has 3 aromatic rings. The number of anilines is 1. The number of methoxy groups -OCH3 is 1. The van der Waals surface area contributed by atoms with Gasteiger partial charge in [-0.3, -0.25) is 19.7 Å². The first-order chi connectivity index (χ1) is 25.2. The highest BCUT2D eigenvalue weighted by atomic mass is 16.7. The Bertz CT molecular complexity index is 2000. The molecule has 2 amide bonds. The Balaban J connectivity index is 1.28. The highest BCUT2D eigenvalue weighted by Gasteiger charge is 2.50. The van der Waals surface area contributed by atoms with E-state index in [1.54, 1.807) is 12.1 Å². The van der Waals surface area contributed by atoms with Crippen molar-refractivity contribution in [1.29, 1.82) is 0 Å². The molecule has 1 aliphatic heterocycles. The summed E-state index contributed by atoms with van der Waals surface area (Å²) in [5.74, 6) is -4.19. The lowest BCUT2D eigenvalue weighted by molar-refractivity contribution is -0.249. The molecule has 0 unspecified atom stereocenters. The van der Waals surface area contributed by atoms with Gasteiger partial charge in [0.15, 0.2) is 17.9 Å². The number of nitrogens with one attached hydrogen (secondary N) is 2. The van der Waals surface area contributed by atoms with E-state index >= 15 is 0 Å². The van der Waals surface area contributed by atoms with E-state index in [4.69, 9.17) is 24.1 Å². The summed E-state index contributed by atoms with van der Waals surface area (Å²) in [7, 11) is 1.29. The fourth-order valence-electron chi connectivity index (χ4n) is 7.01. The van der Waals surface area contributed by atoms with Gasteiger partial charge in [-0.1, -0.05) is 24.3 Å². The van der Waals surface area contributed by atoms with Gasteiger partial charge in [0.2, 0.25) is 5.78 Å². The van der Waals surface area contributed by atoms with Gasteiger partial charge in [0, 0.05) is 41.6 Å². The summed E-state index contributed by atoms with van der Waals surface area (Å²) >= 11 is 0. The molecule has 17 heteroatoms. The van der Waals surface area contributed by atoms with Gasteiger partial charge in [-0.25, -0.2) is 9.59 Å². The molecule has 1 saturated heterocycles. The van der Waals surface area contributed by atoms with Crippen molar-refractivity contribution in [3.8, 4) is 17.2 Å². The maximum absolute atomic E-state index is 13.9. The number of ketones is 3. The first-order valence-corrected chi connectivity index (χ1v) is 16.4. The van der Waals surface area contributed by atoms with Crippen molar-refractivity contribution in [2.75, 3.05) is 19.0 Å². The molecule has 53 heavy (non-hydrogen) atoms. The molecule has 0 aromatic heterocycles. The van der Waals surface area contributed by atoms with Gasteiger partial charge in [-0.2, -0.15) is 0 Å². The Kier molecular flexibility index (Phi) is 10.1. The number of phenols is 2. The number of carbonyl (C=O) groups is 5. The van der Waals surface area contributed by atoms with Crippen LogP contribution in [0.1, 0.15) is 74.4 Å². The number of carbonyl (C=O) groups excluding carboxylic acids is 4. The fourth-order valence-corrected chi connectivity index (χ4v) is 7.01. The standard InChI is InChI=1S/C36H36N2O15/c1-15-29(41)20(38-35(48)51-14-16-6-8-17(9-7-16)37-34(46)47)10-24(52-15)53-22-12-36(49,23(40)13-39)11-19-26(22)33(45)28-27(31(19)43)30(42)18-4-3-5-21(50-2)25(18)32(28)44/h3-9,15,20,22,24,29,37,39,41,43,45,49H,10-14H2,1-2H3,(H,38,48)(H,46,47)/t15-,20-,22-,24-,29-,36-/m0/s1. The summed E-state index contributed by atoms with van der Waals surface area (Å²) in [5, 5.41) is 68.9. The topological polar surface area (TPSA) is 268 Å². The Labute approximate surface area is 300 Å². The number of amides is 2. The monoisotopic (exact) mass is 736 g/mol. The first-order valence-electron chi connectivity index (χ1n) is 16.4. The van der Waals surface area contributed by atoms with E-state index in [9.17, 15) is 49.5 Å². The molecule has 8 N–H and O–H groups in total. The SMILES string of the molecule is COc1cccc2c1C(=O)c1c(O)c3c(c(O)c1C2=O)C[C@@](O)(C(=O)CO)C[C@@H]3O[C@H]1C[C@H](NC(=O)OCc2ccc(NC(=O)O)cc2)[C@@H](O)[C@H](C)O1. The summed E-state index contributed by atoms with van der Waals surface area (Å²) in [6.07, 6.45) is -8.68. The highest BCUT2D eigenvalue weighted by molar-refractivity contribution is 6.31. The number of rotatable bonds is 9. The van der Waals surface area contributed by atoms with Crippen molar-refractivity contribution in [2.45, 2.75) is 69.0 Å². The van der Waals surface area contributed by atoms with Crippen molar-refractivity contribution < 1.29 is 73.6 Å². The molecule has 3 aromatic carbocycles. The molecule has 6 rings (SSSR count). The Morgan fingerprint density at radius 2 is 1.70 bits per heavy atom. The van der Waals surface area contributed by atoms with E-state index in [2.05, 4.69) is 10.6 Å². The summed E-state index contributed by atoms with van der Waals surface area (Å²) in [4.78, 5) is 64.1. The van der Waals surface area contributed by atoms with Crippen molar-refractivity contribution >= 4 is 35.2 Å². The average Bonchev–Trinajstić information content (AvgIpc) is 3.12. The van der Waals surface area contributed by atoms with E-state index in [0.717, 1.165) is 0 Å². The van der Waals surface area contributed by atoms with Crippen LogP contribution in [0.3, 0.4) is 0 Å². The zero-order valence-electron chi connectivity index (χ0n) is 28.3. The van der Waals surface area contributed by atoms with Crippen molar-refractivity contribution in [3.63, 3.8) is 0 Å². The van der Waals surface area contributed by atoms with Gasteiger partial charge in [-0.05, 0) is 30.7 Å². The van der Waals surface area contributed by atoms with Gasteiger partial charge >= 0.3 is 12.2 Å². The molecule has 17 nitrogen and oxygen atoms in total. The number of alkyl carbamates (subject to hydrolysis) is 1. The van der Waals surface area contributed by atoms with Crippen molar-refractivity contribution in [2.24, 2.45) is 0 Å². The molecule has 1 fully saturated rings. The number of aliphatic hydroxyl groups excluding tert-OH is 2. The summed E-state index contributed by atoms with van der Waals surface area (Å²) < 4.78 is 22.6. The Morgan fingerprint density at radius 3 is 2.36 bits per heavy atom. The number of fused-ring (bicyclic) bond motifs is 3. The molecular formula is C36H36N2O15. The molecule has 0 saturated carbocycles. The predicted molar refractivity (Wildman–Crippen MR) is 179 cm³/mol. The Morgan fingerprint density at radius 1 is 1.00 bits per heavy atom. The zero-order chi connectivity index (χ0) is 38.4. The number of Topliss-reactive ketones (excluding diaryl/α,β-unsaturated/α-hetero) is 1. The number of hydrogen-bond acceptors (Lipinski definition) is 14. The molecular weight excluding hydrogens is 700 g/mol. The van der Waals surface area contributed by atoms with Gasteiger partial charge in [-0.15, -0.1) is 0 Å². The van der Waals surface area contributed by atoms with Crippen LogP contribution in [0.15, 0.2) is 42.5 Å². The first kappa shape index (κ1) is 37.2. The summed E-state index contributed by atoms with van der Waals surface area (Å²) in [6.45, 7) is 0.193. The van der Waals surface area contributed by atoms with E-state index in [0.29, 0.717) is 11.3 Å². The summed E-state index contributed by atoms with van der Waals surface area (Å²) in [6, 6.07) is 9.28. The van der Waals surface area contributed by atoms with Crippen LogP contribution in [0.4, 0.5) is 15.3 Å². The van der Waals surface area contributed by atoms with E-state index in [1.807, 2.05) is 0 Å². The number of carboxylic acid groups (broad SMARTS) is 1. The molecule has 0 radical (unpaired) electrons. The molecule has 2 aliphatic carbocycles. The van der Waals surface area contributed by atoms with E-state index in [1.165, 1.54) is 44.4 Å². The van der Waals surface area contributed by atoms with Crippen molar-refractivity contribution in [1.82, 2.24) is 5.32 Å². The third-order valence-corrected chi connectivity index (χ3v) is 9.64. The van der Waals surface area contributed by atoms with Crippen LogP contribution in [-0.2, 0) is 32.0 Å². The average molecular weight is 737 g/mol. The number of ether oxygens (including phenoxy) is 4. The lowest BCUT2D eigenvalue weighted by Crippen LogP contribution is -2.56. The van der Waals surface area contributed by atoms with Gasteiger partial charge in [0.1, 0.15) is 42.2 Å². The molecule has 1 heterocycles. The fraction of sp³-hybridized carbons (Fsp3) is 0.361. The second kappa shape index (κ2) is 14.4. The van der Waals surface area contributed by atoms with Crippen LogP contribution in [0.2, 0.25) is 0 Å². The minimum Gasteiger partial charge on any atom is -0.507 e. The second-order valence-corrected chi connectivity index (χ2v) is 13.0. The van der Waals surface area contributed by atoms with E-state index < -0.39 is 108 Å². The lowest BCUT2D eigenvalue weighted by atomic mass is 9.72. The molecule has 0 bridgehead atoms. The number of benzene rings is 3. The van der Waals surface area contributed by atoms with Crippen molar-refractivity contribution in [3.05, 3.63) is 81.4 Å². The predicted octanol–water partition coefficient (Wildman–Crippen LogP) is 2.06. The number of aromatic hydroxyl groups is 2. The van der Waals surface area contributed by atoms with Crippen LogP contribution in [-0.4, -0.2) is 104 Å². The smallest absolute Gasteiger partial charge is 0.409 e. The molecule has 0 spiro atoms. The lowest BCUT2D eigenvalue weighted by Gasteiger charge is -2.42. The molecule has 6 atom stereocenters. The second-order valence-electron chi connectivity index (χ2n) is 13.0. The highest BCUT2D eigenvalue weighted by Crippen LogP contribution is 2.52. The third kappa shape index (κ3) is 6.87. The molecule has 280 valence electrons. The van der Waals surface area contributed by atoms with Crippen LogP contribution < -0.4 is 15.4 Å². The quantitative estimate of drug-likeness (QED) is 0.114. The zero-order valence-corrected chi connectivity index (χ0v) is 28.3. The van der Waals surface area contributed by atoms with E-state index in [-0.39, 0.29) is 41.0 Å². The third-order valence-electron chi connectivity index (χ3n) is 9.64. The van der Waals surface area contributed by atoms with Gasteiger partial charge < -0.3 is 54.9 Å². The van der Waals surface area contributed by atoms with Crippen LogP contribution in [0.25, 0.3) is 0 Å². The summed E-state index contributed by atoms with van der Waals surface area (Å²) in [5.41, 5.74) is -3.35. The van der Waals surface area contributed by atoms with Crippen LogP contribution >= 0.6 is 0 Å². The minimum absolute atomic E-state index is 0.0463. The number of phenolic OH excluding ortho intramolecular Hbond substituents is 2. The Hall–Kier alpha value is -5.59. The maximum Gasteiger partial charge on any atom is 0.409 e. The molecule has 3 aliphatic rings. The van der Waals surface area contributed by atoms with Gasteiger partial charge in [0.25, 0.3) is 0 Å².